The summed E-state index contributed by atoms with van der Waals surface area (Å²) in [7, 11) is 1.93. The maximum Gasteiger partial charge on any atom is 0.0587 e. The Hall–Kier alpha value is -0.0800. The SMILES string of the molecule is CNC(CO)C1CCCC1. The summed E-state index contributed by atoms with van der Waals surface area (Å²) < 4.78 is 0. The number of likely N-dealkylation sites (N-methyl/N-ethyl adjacent to an activating group) is 1. The van der Waals surface area contributed by atoms with Gasteiger partial charge in [-0.2, -0.15) is 0 Å². The molecule has 0 heterocycles. The van der Waals surface area contributed by atoms with Crippen molar-refractivity contribution in [2.75, 3.05) is 13.7 Å². The molecular weight excluding hydrogens is 126 g/mol. The first kappa shape index (κ1) is 8.02. The van der Waals surface area contributed by atoms with E-state index in [-0.39, 0.29) is 0 Å². The third-order valence-corrected chi connectivity index (χ3v) is 2.54. The van der Waals surface area contributed by atoms with E-state index < -0.39 is 0 Å². The van der Waals surface area contributed by atoms with E-state index in [0.29, 0.717) is 12.6 Å². The highest BCUT2D eigenvalue weighted by molar-refractivity contribution is 4.78. The van der Waals surface area contributed by atoms with Gasteiger partial charge in [0.25, 0.3) is 0 Å². The highest BCUT2D eigenvalue weighted by Crippen LogP contribution is 2.27. The van der Waals surface area contributed by atoms with Crippen molar-refractivity contribution in [3.63, 3.8) is 0 Å². The summed E-state index contributed by atoms with van der Waals surface area (Å²) in [5.74, 6) is 0.731. The molecule has 1 atom stereocenters. The molecule has 2 heteroatoms. The number of hydrogen-bond acceptors (Lipinski definition) is 2. The number of aliphatic hydroxyl groups excluding tert-OH is 1. The second-order valence-electron chi connectivity index (χ2n) is 3.12. The third-order valence-electron chi connectivity index (χ3n) is 2.54. The molecule has 10 heavy (non-hydrogen) atoms. The van der Waals surface area contributed by atoms with Crippen molar-refractivity contribution >= 4 is 0 Å². The lowest BCUT2D eigenvalue weighted by Crippen LogP contribution is -2.35. The van der Waals surface area contributed by atoms with Gasteiger partial charge in [-0.1, -0.05) is 12.8 Å². The van der Waals surface area contributed by atoms with E-state index >= 15 is 0 Å². The minimum Gasteiger partial charge on any atom is -0.395 e. The fourth-order valence-corrected chi connectivity index (χ4v) is 1.84. The first-order valence-electron chi connectivity index (χ1n) is 4.16. The summed E-state index contributed by atoms with van der Waals surface area (Å²) in [4.78, 5) is 0. The average Bonchev–Trinajstić information content (AvgIpc) is 2.43. The molecule has 1 unspecified atom stereocenters. The Morgan fingerprint density at radius 1 is 1.50 bits per heavy atom. The van der Waals surface area contributed by atoms with Gasteiger partial charge in [-0.3, -0.25) is 0 Å². The smallest absolute Gasteiger partial charge is 0.0587 e. The van der Waals surface area contributed by atoms with E-state index in [4.69, 9.17) is 5.11 Å². The molecule has 2 N–H and O–H groups in total. The van der Waals surface area contributed by atoms with Crippen LogP contribution in [-0.4, -0.2) is 24.8 Å². The average molecular weight is 143 g/mol. The zero-order chi connectivity index (χ0) is 7.40. The first-order valence-corrected chi connectivity index (χ1v) is 4.16. The standard InChI is InChI=1S/C8H17NO/c1-9-8(6-10)7-4-2-3-5-7/h7-10H,2-6H2,1H3. The second kappa shape index (κ2) is 3.94. The summed E-state index contributed by atoms with van der Waals surface area (Å²) in [5.41, 5.74) is 0. The van der Waals surface area contributed by atoms with Gasteiger partial charge in [0, 0.05) is 6.04 Å². The van der Waals surface area contributed by atoms with Crippen molar-refractivity contribution in [3.8, 4) is 0 Å². The maximum absolute atomic E-state index is 8.92. The van der Waals surface area contributed by atoms with Gasteiger partial charge in [0.05, 0.1) is 6.61 Å². The lowest BCUT2D eigenvalue weighted by Gasteiger charge is -2.19. The molecule has 0 radical (unpaired) electrons. The van der Waals surface area contributed by atoms with Gasteiger partial charge >= 0.3 is 0 Å². The molecule has 60 valence electrons. The van der Waals surface area contributed by atoms with Gasteiger partial charge < -0.3 is 10.4 Å². The molecular formula is C8H17NO. The number of rotatable bonds is 3. The predicted octanol–water partition coefficient (Wildman–Crippen LogP) is 0.757. The van der Waals surface area contributed by atoms with Crippen LogP contribution >= 0.6 is 0 Å². The van der Waals surface area contributed by atoms with Crippen LogP contribution in [0.15, 0.2) is 0 Å². The van der Waals surface area contributed by atoms with Gasteiger partial charge in [0.15, 0.2) is 0 Å². The van der Waals surface area contributed by atoms with Crippen LogP contribution < -0.4 is 5.32 Å². The molecule has 1 saturated carbocycles. The molecule has 1 aliphatic carbocycles. The molecule has 0 aromatic rings. The van der Waals surface area contributed by atoms with Crippen molar-refractivity contribution < 1.29 is 5.11 Å². The molecule has 0 aliphatic heterocycles. The minimum absolute atomic E-state index is 0.293. The van der Waals surface area contributed by atoms with Crippen LogP contribution in [0.4, 0.5) is 0 Å². The van der Waals surface area contributed by atoms with E-state index in [1.165, 1.54) is 25.7 Å². The monoisotopic (exact) mass is 143 g/mol. The minimum atomic E-state index is 0.293. The van der Waals surface area contributed by atoms with Crippen LogP contribution in [0.3, 0.4) is 0 Å². The Kier molecular flexibility index (Phi) is 3.16. The van der Waals surface area contributed by atoms with E-state index in [9.17, 15) is 0 Å². The molecule has 0 bridgehead atoms. The summed E-state index contributed by atoms with van der Waals surface area (Å²) in [6.45, 7) is 0.293. The van der Waals surface area contributed by atoms with Crippen LogP contribution in [-0.2, 0) is 0 Å². The quantitative estimate of drug-likeness (QED) is 0.611. The molecule has 1 aliphatic rings. The lowest BCUT2D eigenvalue weighted by atomic mass is 9.99. The Labute approximate surface area is 62.6 Å². The van der Waals surface area contributed by atoms with E-state index in [1.807, 2.05) is 7.05 Å². The number of nitrogens with one attached hydrogen (secondary N) is 1. The summed E-state index contributed by atoms with van der Waals surface area (Å²) >= 11 is 0. The molecule has 1 fully saturated rings. The van der Waals surface area contributed by atoms with E-state index in [1.54, 1.807) is 0 Å². The van der Waals surface area contributed by atoms with Crippen molar-refractivity contribution in [2.45, 2.75) is 31.7 Å². The number of hydrogen-bond donors (Lipinski definition) is 2. The Bertz CT molecular complexity index is 85.3. The van der Waals surface area contributed by atoms with Crippen LogP contribution in [0.25, 0.3) is 0 Å². The predicted molar refractivity (Wildman–Crippen MR) is 41.9 cm³/mol. The third kappa shape index (κ3) is 1.70. The van der Waals surface area contributed by atoms with Gasteiger partial charge in [0.1, 0.15) is 0 Å². The Morgan fingerprint density at radius 3 is 2.50 bits per heavy atom. The largest absolute Gasteiger partial charge is 0.395 e. The van der Waals surface area contributed by atoms with Crippen molar-refractivity contribution in [1.29, 1.82) is 0 Å². The fraction of sp³-hybridized carbons (Fsp3) is 1.00. The van der Waals surface area contributed by atoms with Crippen LogP contribution in [0.1, 0.15) is 25.7 Å². The fourth-order valence-electron chi connectivity index (χ4n) is 1.84. The first-order chi connectivity index (χ1) is 4.88. The molecule has 0 saturated heterocycles. The second-order valence-corrected chi connectivity index (χ2v) is 3.12. The summed E-state index contributed by atoms with van der Waals surface area (Å²) in [5, 5.41) is 12.1. The van der Waals surface area contributed by atoms with Gasteiger partial charge in [-0.25, -0.2) is 0 Å². The summed E-state index contributed by atoms with van der Waals surface area (Å²) in [6, 6.07) is 0.350. The van der Waals surface area contributed by atoms with Gasteiger partial charge in [-0.15, -0.1) is 0 Å². The van der Waals surface area contributed by atoms with Gasteiger partial charge in [0.2, 0.25) is 0 Å². The molecule has 2 nitrogen and oxygen atoms in total. The summed E-state index contributed by atoms with van der Waals surface area (Å²) in [6.07, 6.45) is 5.30. The van der Waals surface area contributed by atoms with Crippen molar-refractivity contribution in [3.05, 3.63) is 0 Å². The van der Waals surface area contributed by atoms with Crippen LogP contribution in [0.2, 0.25) is 0 Å². The molecule has 0 aromatic heterocycles. The molecule has 0 aromatic carbocycles. The van der Waals surface area contributed by atoms with Crippen molar-refractivity contribution in [1.82, 2.24) is 5.32 Å². The Morgan fingerprint density at radius 2 is 2.10 bits per heavy atom. The topological polar surface area (TPSA) is 32.3 Å². The van der Waals surface area contributed by atoms with Crippen molar-refractivity contribution in [2.24, 2.45) is 5.92 Å². The van der Waals surface area contributed by atoms with Gasteiger partial charge in [-0.05, 0) is 25.8 Å². The van der Waals surface area contributed by atoms with E-state index in [2.05, 4.69) is 5.32 Å². The highest BCUT2D eigenvalue weighted by Gasteiger charge is 2.22. The zero-order valence-electron chi connectivity index (χ0n) is 6.64. The van der Waals surface area contributed by atoms with Crippen LogP contribution in [0, 0.1) is 5.92 Å². The normalized spacial score (nSPS) is 23.4. The lowest BCUT2D eigenvalue weighted by molar-refractivity contribution is 0.206. The molecule has 0 amide bonds. The highest BCUT2D eigenvalue weighted by atomic mass is 16.3. The number of aliphatic hydroxyl groups is 1. The molecule has 0 spiro atoms. The Balaban J connectivity index is 2.29. The molecule has 1 rings (SSSR count). The maximum atomic E-state index is 8.92. The zero-order valence-corrected chi connectivity index (χ0v) is 6.64. The van der Waals surface area contributed by atoms with Crippen LogP contribution in [0.5, 0.6) is 0 Å². The van der Waals surface area contributed by atoms with E-state index in [0.717, 1.165) is 5.92 Å².